The van der Waals surface area contributed by atoms with Gasteiger partial charge in [0.2, 0.25) is 5.91 Å². The quantitative estimate of drug-likeness (QED) is 0.177. The average Bonchev–Trinajstić information content (AvgIpc) is 2.76. The first-order chi connectivity index (χ1) is 16.8. The lowest BCUT2D eigenvalue weighted by Crippen LogP contribution is -2.41. The summed E-state index contributed by atoms with van der Waals surface area (Å²) in [7, 11) is 0. The van der Waals surface area contributed by atoms with Crippen molar-refractivity contribution in [2.45, 2.75) is 116 Å². The Hall–Kier alpha value is -1.36. The van der Waals surface area contributed by atoms with Crippen molar-refractivity contribution in [1.82, 2.24) is 5.32 Å². The van der Waals surface area contributed by atoms with Crippen molar-refractivity contribution in [2.75, 3.05) is 6.61 Å². The zero-order chi connectivity index (χ0) is 27.7. The van der Waals surface area contributed by atoms with Gasteiger partial charge in [0.25, 0.3) is 0 Å². The molecule has 0 saturated carbocycles. The Balaban J connectivity index is 4.10. The average molecular weight is 419 g/mol. The molecule has 5 heteroatoms. The molecule has 0 aliphatic heterocycles. The third-order valence-corrected chi connectivity index (χ3v) is 4.76. The van der Waals surface area contributed by atoms with Crippen LogP contribution >= 0.6 is 0 Å². The van der Waals surface area contributed by atoms with E-state index in [-0.39, 0.29) is 13.0 Å². The van der Waals surface area contributed by atoms with Crippen LogP contribution in [0.1, 0.15) is 120 Å². The molecule has 0 fully saturated rings. The fraction of sp³-hybridized carbons (Fsp3) is 0.833. The van der Waals surface area contributed by atoms with Crippen molar-refractivity contribution in [3.63, 3.8) is 0 Å². The maximum absolute atomic E-state index is 12.2. The molecule has 3 N–H and O–H groups in total. The zero-order valence-electron chi connectivity index (χ0n) is 24.8. The van der Waals surface area contributed by atoms with Gasteiger partial charge in [0.15, 0.2) is 0 Å². The van der Waals surface area contributed by atoms with E-state index in [2.05, 4.69) is 17.5 Å². The molecule has 0 unspecified atom stereocenters. The van der Waals surface area contributed by atoms with Crippen molar-refractivity contribution in [3.05, 3.63) is 12.2 Å². The number of carbonyl (C=O) groups excluding carboxylic acids is 1. The lowest BCUT2D eigenvalue weighted by atomic mass is 10.0. The lowest BCUT2D eigenvalue weighted by Gasteiger charge is -2.16. The monoisotopic (exact) mass is 418 g/mol. The van der Waals surface area contributed by atoms with E-state index >= 15 is 0 Å². The number of carbonyl (C=O) groups is 2. The highest BCUT2D eigenvalue weighted by Crippen LogP contribution is 2.10. The van der Waals surface area contributed by atoms with Crippen LogP contribution < -0.4 is 5.32 Å². The summed E-state index contributed by atoms with van der Waals surface area (Å²) in [6, 6.07) is -1.77. The number of aliphatic hydroxyl groups excluding tert-OH is 1. The van der Waals surface area contributed by atoms with E-state index in [1.807, 2.05) is 0 Å². The molecule has 0 aliphatic rings. The number of hydrogen-bond acceptors (Lipinski definition) is 3. The third-order valence-electron chi connectivity index (χ3n) is 4.76. The van der Waals surface area contributed by atoms with Gasteiger partial charge in [-0.1, -0.05) is 70.8 Å². The van der Waals surface area contributed by atoms with Gasteiger partial charge in [-0.05, 0) is 50.8 Å². The summed E-state index contributed by atoms with van der Waals surface area (Å²) in [5, 5.41) is 20.3. The Morgan fingerprint density at radius 3 is 1.93 bits per heavy atom. The van der Waals surface area contributed by atoms with Crippen molar-refractivity contribution >= 4 is 11.9 Å². The van der Waals surface area contributed by atoms with Crippen LogP contribution in [-0.2, 0) is 9.59 Å². The molecule has 0 aliphatic carbocycles. The van der Waals surface area contributed by atoms with E-state index in [1.54, 1.807) is 0 Å². The highest BCUT2D eigenvalue weighted by molar-refractivity contribution is 5.83. The molecule has 0 heterocycles. The molecular formula is C24H45NO4. The molecular weight excluding hydrogens is 366 g/mol. The second-order valence-corrected chi connectivity index (χ2v) is 7.55. The zero-order valence-corrected chi connectivity index (χ0v) is 17.8. The van der Waals surface area contributed by atoms with E-state index in [1.165, 1.54) is 25.7 Å². The highest BCUT2D eigenvalue weighted by atomic mass is 16.4. The Morgan fingerprint density at radius 2 is 1.41 bits per heavy atom. The number of hydrogen-bond donors (Lipinski definition) is 3. The maximum Gasteiger partial charge on any atom is 0.326 e. The summed E-state index contributed by atoms with van der Waals surface area (Å²) in [5.41, 5.74) is 0. The predicted molar refractivity (Wildman–Crippen MR) is 120 cm³/mol. The number of aliphatic carboxylic acids is 1. The first-order valence-corrected chi connectivity index (χ1v) is 11.0. The number of unbranched alkanes of at least 4 members (excludes halogenated alkanes) is 11. The summed E-state index contributed by atoms with van der Waals surface area (Å²) in [6.45, 7) is -6.20. The van der Waals surface area contributed by atoms with Crippen LogP contribution in [0.15, 0.2) is 12.2 Å². The fourth-order valence-corrected chi connectivity index (χ4v) is 3.07. The number of aliphatic hydroxyl groups is 1. The SMILES string of the molecule is [2H]C([2H])([2H])C([2H])(C[C@H](NC(=O)CCCCCCC/C=C\CCCCCCCCO)C(=O)O)C([2H])([2H])[2H]. The minimum absolute atomic E-state index is 0.0518. The van der Waals surface area contributed by atoms with Crippen LogP contribution in [0.5, 0.6) is 0 Å². The van der Waals surface area contributed by atoms with E-state index < -0.39 is 43.9 Å². The summed E-state index contributed by atoms with van der Waals surface area (Å²) < 4.78 is 52.4. The molecule has 0 aromatic carbocycles. The fourth-order valence-electron chi connectivity index (χ4n) is 3.07. The summed E-state index contributed by atoms with van der Waals surface area (Å²) >= 11 is 0. The summed E-state index contributed by atoms with van der Waals surface area (Å²) in [5.74, 6) is -5.18. The van der Waals surface area contributed by atoms with Crippen LogP contribution in [0.4, 0.5) is 0 Å². The molecule has 0 radical (unpaired) electrons. The second-order valence-electron chi connectivity index (χ2n) is 7.55. The Kier molecular flexibility index (Phi) is 11.9. The number of carboxylic acids is 1. The molecule has 0 aromatic heterocycles. The largest absolute Gasteiger partial charge is 0.480 e. The molecule has 1 amide bonds. The minimum atomic E-state index is -3.24. The maximum atomic E-state index is 12.2. The predicted octanol–water partition coefficient (Wildman–Crippen LogP) is 5.61. The van der Waals surface area contributed by atoms with E-state index in [0.29, 0.717) is 6.42 Å². The minimum Gasteiger partial charge on any atom is -0.480 e. The van der Waals surface area contributed by atoms with Gasteiger partial charge < -0.3 is 15.5 Å². The highest BCUT2D eigenvalue weighted by Gasteiger charge is 2.20. The Labute approximate surface area is 188 Å². The Morgan fingerprint density at radius 1 is 0.897 bits per heavy atom. The van der Waals surface area contributed by atoms with Gasteiger partial charge in [-0.2, -0.15) is 0 Å². The molecule has 0 bridgehead atoms. The third kappa shape index (κ3) is 19.7. The summed E-state index contributed by atoms with van der Waals surface area (Å²) in [6.07, 6.45) is 16.7. The molecule has 1 atom stereocenters. The van der Waals surface area contributed by atoms with Gasteiger partial charge in [0.1, 0.15) is 6.04 Å². The van der Waals surface area contributed by atoms with Gasteiger partial charge in [-0.25, -0.2) is 4.79 Å². The normalized spacial score (nSPS) is 17.3. The van der Waals surface area contributed by atoms with Crippen molar-refractivity contribution in [3.8, 4) is 0 Å². The van der Waals surface area contributed by atoms with Gasteiger partial charge in [0, 0.05) is 22.6 Å². The molecule has 170 valence electrons. The van der Waals surface area contributed by atoms with Gasteiger partial charge in [-0.3, -0.25) is 4.79 Å². The number of carboxylic acid groups (broad SMARTS) is 1. The molecule has 0 aromatic rings. The van der Waals surface area contributed by atoms with Crippen LogP contribution in [-0.4, -0.2) is 34.7 Å². The first kappa shape index (κ1) is 17.3. The smallest absolute Gasteiger partial charge is 0.326 e. The topological polar surface area (TPSA) is 86.6 Å². The van der Waals surface area contributed by atoms with Crippen LogP contribution in [0, 0.1) is 5.89 Å². The molecule has 0 saturated heterocycles. The number of allylic oxidation sites excluding steroid dienone is 2. The van der Waals surface area contributed by atoms with Crippen LogP contribution in [0.25, 0.3) is 0 Å². The number of nitrogens with one attached hydrogen (secondary N) is 1. The van der Waals surface area contributed by atoms with E-state index in [0.717, 1.165) is 51.4 Å². The van der Waals surface area contributed by atoms with E-state index in [9.17, 15) is 14.7 Å². The molecule has 29 heavy (non-hydrogen) atoms. The molecule has 0 spiro atoms. The first-order valence-electron chi connectivity index (χ1n) is 14.5. The van der Waals surface area contributed by atoms with Crippen molar-refractivity contribution in [1.29, 1.82) is 0 Å². The lowest BCUT2D eigenvalue weighted by molar-refractivity contribution is -0.142. The number of rotatable bonds is 20. The number of amides is 1. The molecule has 0 rings (SSSR count). The van der Waals surface area contributed by atoms with Crippen LogP contribution in [0.3, 0.4) is 0 Å². The molecule has 5 nitrogen and oxygen atoms in total. The summed E-state index contributed by atoms with van der Waals surface area (Å²) in [4.78, 5) is 23.7. The van der Waals surface area contributed by atoms with Gasteiger partial charge >= 0.3 is 5.97 Å². The second kappa shape index (κ2) is 19.9. The Bertz CT molecular complexity index is 637. The van der Waals surface area contributed by atoms with Crippen molar-refractivity contribution < 1.29 is 29.4 Å². The van der Waals surface area contributed by atoms with Crippen LogP contribution in [0.2, 0.25) is 0 Å². The van der Waals surface area contributed by atoms with Gasteiger partial charge in [-0.15, -0.1) is 0 Å². The van der Waals surface area contributed by atoms with Crippen molar-refractivity contribution in [2.24, 2.45) is 5.89 Å². The van der Waals surface area contributed by atoms with Gasteiger partial charge in [0.05, 0.1) is 0 Å². The van der Waals surface area contributed by atoms with E-state index in [4.69, 9.17) is 14.7 Å². The standard InChI is InChI=1S/C24H45NO4/c1-21(2)20-22(24(28)29)25-23(27)18-16-14-12-10-8-6-4-3-5-7-9-11-13-15-17-19-26/h3-4,21-22,26H,5-20H2,1-2H3,(H,25,27)(H,28,29)/b4-3-/t22-/m0/s1/i1D3,2D3,21D.